The molecule has 0 aliphatic carbocycles. The number of phenolic OH excluding ortho intramolecular Hbond substituents is 1. The van der Waals surface area contributed by atoms with Crippen LogP contribution in [0.25, 0.3) is 0 Å². The van der Waals surface area contributed by atoms with E-state index in [2.05, 4.69) is 41.5 Å². The van der Waals surface area contributed by atoms with Gasteiger partial charge in [0, 0.05) is 18.1 Å². The first kappa shape index (κ1) is 16.0. The maximum Gasteiger partial charge on any atom is 0.164 e. The molecule has 0 saturated carbocycles. The van der Waals surface area contributed by atoms with Crippen LogP contribution < -0.4 is 4.74 Å². The topological polar surface area (TPSA) is 29.5 Å². The van der Waals surface area contributed by atoms with Crippen molar-refractivity contribution in [3.05, 3.63) is 23.3 Å². The first-order valence-corrected chi connectivity index (χ1v) is 6.90. The molecule has 0 fully saturated rings. The molecule has 106 valence electrons. The van der Waals surface area contributed by atoms with Crippen molar-refractivity contribution in [2.24, 2.45) is 0 Å². The predicted molar refractivity (Wildman–Crippen MR) is 84.4 cm³/mol. The van der Waals surface area contributed by atoms with E-state index in [1.54, 1.807) is 6.92 Å². The van der Waals surface area contributed by atoms with Gasteiger partial charge in [-0.25, -0.2) is 0 Å². The van der Waals surface area contributed by atoms with E-state index in [1.807, 2.05) is 12.1 Å². The Bertz CT molecular complexity index is 455. The lowest BCUT2D eigenvalue weighted by Gasteiger charge is -2.28. The minimum absolute atomic E-state index is 0.154. The van der Waals surface area contributed by atoms with Gasteiger partial charge in [0.15, 0.2) is 5.05 Å². The average Bonchev–Trinajstić information content (AvgIpc) is 2.16. The molecular weight excluding hydrogens is 256 g/mol. The number of hydrogen-bond donors (Lipinski definition) is 1. The number of phenols is 1. The normalized spacial score (nSPS) is 12.4. The summed E-state index contributed by atoms with van der Waals surface area (Å²) in [5, 5.41) is 11.0. The Morgan fingerprint density at radius 3 is 1.63 bits per heavy atom. The number of thiocarbonyl (C=S) groups is 1. The lowest BCUT2D eigenvalue weighted by atomic mass is 9.79. The number of benzene rings is 1. The summed E-state index contributed by atoms with van der Waals surface area (Å²) in [7, 11) is 0. The second kappa shape index (κ2) is 5.12. The Kier molecular flexibility index (Phi) is 4.30. The van der Waals surface area contributed by atoms with E-state index in [-0.39, 0.29) is 10.8 Å². The van der Waals surface area contributed by atoms with Gasteiger partial charge in [-0.15, -0.1) is 0 Å². The number of hydrogen-bond acceptors (Lipinski definition) is 3. The van der Waals surface area contributed by atoms with Gasteiger partial charge in [0.05, 0.1) is 0 Å². The zero-order chi connectivity index (χ0) is 15.0. The van der Waals surface area contributed by atoms with Crippen molar-refractivity contribution in [3.63, 3.8) is 0 Å². The van der Waals surface area contributed by atoms with Crippen molar-refractivity contribution in [2.45, 2.75) is 59.3 Å². The summed E-state index contributed by atoms with van der Waals surface area (Å²) in [6, 6.07) is 3.75. The molecular formula is C16H24O2S. The van der Waals surface area contributed by atoms with Gasteiger partial charge in [0.1, 0.15) is 11.5 Å². The van der Waals surface area contributed by atoms with Gasteiger partial charge in [-0.05, 0) is 35.2 Å². The van der Waals surface area contributed by atoms with E-state index in [0.29, 0.717) is 16.5 Å². The van der Waals surface area contributed by atoms with Gasteiger partial charge < -0.3 is 9.84 Å². The fourth-order valence-electron chi connectivity index (χ4n) is 1.98. The zero-order valence-electron chi connectivity index (χ0n) is 12.9. The Morgan fingerprint density at radius 1 is 1.00 bits per heavy atom. The minimum Gasteiger partial charge on any atom is -0.507 e. The summed E-state index contributed by atoms with van der Waals surface area (Å²) < 4.78 is 5.56. The lowest BCUT2D eigenvalue weighted by Crippen LogP contribution is -2.17. The van der Waals surface area contributed by atoms with Crippen molar-refractivity contribution in [3.8, 4) is 11.5 Å². The van der Waals surface area contributed by atoms with Crippen LogP contribution in [0.5, 0.6) is 11.5 Å². The molecule has 1 rings (SSSR count). The summed E-state index contributed by atoms with van der Waals surface area (Å²) in [6.07, 6.45) is 0. The van der Waals surface area contributed by atoms with E-state index in [0.717, 1.165) is 11.1 Å². The standard InChI is InChI=1S/C16H24O2S/c1-10(19)18-11-8-12(15(2,3)4)14(17)13(9-11)16(5,6)7/h8-9,17H,1-7H3. The second-order valence-corrected chi connectivity index (χ2v) is 7.54. The molecule has 1 N–H and O–H groups in total. The largest absolute Gasteiger partial charge is 0.507 e. The third-order valence-electron chi connectivity index (χ3n) is 2.96. The molecule has 2 nitrogen and oxygen atoms in total. The number of aromatic hydroxyl groups is 1. The maximum atomic E-state index is 10.5. The third kappa shape index (κ3) is 3.93. The van der Waals surface area contributed by atoms with E-state index in [1.165, 1.54) is 0 Å². The lowest BCUT2D eigenvalue weighted by molar-refractivity contribution is 0.419. The Hall–Kier alpha value is -1.09. The Labute approximate surface area is 121 Å². The summed E-state index contributed by atoms with van der Waals surface area (Å²) in [4.78, 5) is 0. The van der Waals surface area contributed by atoms with Gasteiger partial charge in [0.2, 0.25) is 0 Å². The molecule has 0 heterocycles. The quantitative estimate of drug-likeness (QED) is 0.755. The number of ether oxygens (including phenoxy) is 1. The molecule has 0 amide bonds. The van der Waals surface area contributed by atoms with Crippen LogP contribution in [0.15, 0.2) is 12.1 Å². The van der Waals surface area contributed by atoms with Crippen molar-refractivity contribution >= 4 is 17.3 Å². The van der Waals surface area contributed by atoms with E-state index in [4.69, 9.17) is 17.0 Å². The Balaban J connectivity index is 3.52. The second-order valence-electron chi connectivity index (χ2n) is 6.96. The van der Waals surface area contributed by atoms with Crippen molar-refractivity contribution in [1.29, 1.82) is 0 Å². The van der Waals surface area contributed by atoms with Crippen molar-refractivity contribution in [2.75, 3.05) is 0 Å². The molecule has 0 bridgehead atoms. The van der Waals surface area contributed by atoms with Gasteiger partial charge in [-0.3, -0.25) is 0 Å². The van der Waals surface area contributed by atoms with Crippen LogP contribution in [0.2, 0.25) is 0 Å². The molecule has 1 aromatic carbocycles. The molecule has 0 aromatic heterocycles. The predicted octanol–water partition coefficient (Wildman–Crippen LogP) is 4.71. The molecule has 0 unspecified atom stereocenters. The van der Waals surface area contributed by atoms with E-state index >= 15 is 0 Å². The molecule has 0 spiro atoms. The van der Waals surface area contributed by atoms with Crippen LogP contribution in [0.1, 0.15) is 59.6 Å². The molecule has 1 aromatic rings. The molecule has 0 aliphatic rings. The average molecular weight is 280 g/mol. The van der Waals surface area contributed by atoms with Crippen LogP contribution in [0, 0.1) is 0 Å². The fraction of sp³-hybridized carbons (Fsp3) is 0.562. The third-order valence-corrected chi connectivity index (χ3v) is 3.04. The van der Waals surface area contributed by atoms with Crippen LogP contribution >= 0.6 is 12.2 Å². The molecule has 19 heavy (non-hydrogen) atoms. The summed E-state index contributed by atoms with van der Waals surface area (Å²) in [5.74, 6) is 1.05. The molecule has 0 aliphatic heterocycles. The molecule has 3 heteroatoms. The highest BCUT2D eigenvalue weighted by molar-refractivity contribution is 7.80. The van der Waals surface area contributed by atoms with Gasteiger partial charge >= 0.3 is 0 Å². The highest BCUT2D eigenvalue weighted by Crippen LogP contribution is 2.41. The van der Waals surface area contributed by atoms with Crippen LogP contribution in [0.3, 0.4) is 0 Å². The highest BCUT2D eigenvalue weighted by atomic mass is 32.1. The minimum atomic E-state index is -0.154. The summed E-state index contributed by atoms with van der Waals surface area (Å²) in [6.45, 7) is 14.2. The fourth-order valence-corrected chi connectivity index (χ4v) is 2.07. The summed E-state index contributed by atoms with van der Waals surface area (Å²) in [5.41, 5.74) is 1.45. The van der Waals surface area contributed by atoms with E-state index in [9.17, 15) is 5.11 Å². The van der Waals surface area contributed by atoms with Crippen molar-refractivity contribution in [1.82, 2.24) is 0 Å². The first-order chi connectivity index (χ1) is 8.43. The van der Waals surface area contributed by atoms with Gasteiger partial charge in [-0.2, -0.15) is 0 Å². The molecule has 0 radical (unpaired) electrons. The maximum absolute atomic E-state index is 10.5. The van der Waals surface area contributed by atoms with Crippen LogP contribution in [-0.2, 0) is 10.8 Å². The van der Waals surface area contributed by atoms with Crippen molar-refractivity contribution < 1.29 is 9.84 Å². The zero-order valence-corrected chi connectivity index (χ0v) is 13.7. The van der Waals surface area contributed by atoms with Gasteiger partial charge in [0.25, 0.3) is 0 Å². The smallest absolute Gasteiger partial charge is 0.164 e. The van der Waals surface area contributed by atoms with Gasteiger partial charge in [-0.1, -0.05) is 41.5 Å². The molecule has 0 saturated heterocycles. The van der Waals surface area contributed by atoms with Crippen LogP contribution in [-0.4, -0.2) is 10.2 Å². The monoisotopic (exact) mass is 280 g/mol. The molecule has 0 atom stereocenters. The highest BCUT2D eigenvalue weighted by Gasteiger charge is 2.27. The summed E-state index contributed by atoms with van der Waals surface area (Å²) >= 11 is 5.00. The SMILES string of the molecule is CC(=S)Oc1cc(C(C)(C)C)c(O)c(C(C)(C)C)c1. The number of rotatable bonds is 1. The first-order valence-electron chi connectivity index (χ1n) is 6.49. The van der Waals surface area contributed by atoms with Crippen LogP contribution in [0.4, 0.5) is 0 Å². The van der Waals surface area contributed by atoms with E-state index < -0.39 is 0 Å². The Morgan fingerprint density at radius 2 is 1.37 bits per heavy atom.